The van der Waals surface area contributed by atoms with Gasteiger partial charge in [0, 0.05) is 17.8 Å². The first-order chi connectivity index (χ1) is 14.4. The van der Waals surface area contributed by atoms with Gasteiger partial charge in [0.25, 0.3) is 5.91 Å². The summed E-state index contributed by atoms with van der Waals surface area (Å²) in [6.45, 7) is 9.40. The summed E-state index contributed by atoms with van der Waals surface area (Å²) in [5.74, 6) is -0.0765. The molecule has 1 aliphatic heterocycles. The first kappa shape index (κ1) is 22.2. The minimum atomic E-state index is -3.31. The third kappa shape index (κ3) is 4.08. The summed E-state index contributed by atoms with van der Waals surface area (Å²) >= 11 is 6.37. The number of fused-ring (bicyclic) bond motifs is 1. The molecule has 4 rings (SSSR count). The van der Waals surface area contributed by atoms with Gasteiger partial charge in [0.1, 0.15) is 0 Å². The zero-order valence-electron chi connectivity index (χ0n) is 18.5. The van der Waals surface area contributed by atoms with E-state index < -0.39 is 10.0 Å². The Bertz CT molecular complexity index is 1160. The lowest BCUT2D eigenvalue weighted by Crippen LogP contribution is -2.34. The van der Waals surface area contributed by atoms with E-state index in [0.717, 1.165) is 12.8 Å². The summed E-state index contributed by atoms with van der Waals surface area (Å²) in [5.41, 5.74) is 4.24. The third-order valence-electron chi connectivity index (χ3n) is 6.69. The van der Waals surface area contributed by atoms with Gasteiger partial charge < -0.3 is 5.32 Å². The highest BCUT2D eigenvalue weighted by Crippen LogP contribution is 2.46. The Balaban J connectivity index is 1.59. The van der Waals surface area contributed by atoms with E-state index in [2.05, 4.69) is 39.1 Å². The molecule has 5 nitrogen and oxygen atoms in total. The van der Waals surface area contributed by atoms with E-state index in [1.165, 1.54) is 15.4 Å². The molecule has 1 fully saturated rings. The number of carbonyl (C=O) groups excluding carboxylic acids is 1. The van der Waals surface area contributed by atoms with Crippen LogP contribution < -0.4 is 9.62 Å². The second-order valence-electron chi connectivity index (χ2n) is 9.89. The fraction of sp³-hybridized carbons (Fsp3) is 0.458. The second kappa shape index (κ2) is 7.52. The van der Waals surface area contributed by atoms with E-state index in [9.17, 15) is 13.2 Å². The molecule has 0 aromatic heterocycles. The van der Waals surface area contributed by atoms with Crippen LogP contribution >= 0.6 is 11.6 Å². The van der Waals surface area contributed by atoms with Crippen molar-refractivity contribution in [2.45, 2.75) is 57.8 Å². The van der Waals surface area contributed by atoms with Crippen molar-refractivity contribution in [1.29, 1.82) is 0 Å². The van der Waals surface area contributed by atoms with Gasteiger partial charge in [0.2, 0.25) is 10.0 Å². The molecule has 1 heterocycles. The summed E-state index contributed by atoms with van der Waals surface area (Å²) < 4.78 is 25.7. The first-order valence-corrected chi connectivity index (χ1v) is 12.7. The van der Waals surface area contributed by atoms with Crippen LogP contribution in [0, 0.1) is 0 Å². The third-order valence-corrected chi connectivity index (χ3v) is 8.85. The van der Waals surface area contributed by atoms with Gasteiger partial charge in [-0.2, -0.15) is 0 Å². The largest absolute Gasteiger partial charge is 0.322 e. The van der Waals surface area contributed by atoms with Crippen LogP contribution in [0.3, 0.4) is 0 Å². The summed E-state index contributed by atoms with van der Waals surface area (Å²) in [5, 5.41) is 3.20. The van der Waals surface area contributed by atoms with E-state index in [1.54, 1.807) is 18.2 Å². The molecule has 2 aromatic carbocycles. The number of anilines is 2. The van der Waals surface area contributed by atoms with Crippen molar-refractivity contribution in [2.24, 2.45) is 0 Å². The zero-order chi connectivity index (χ0) is 22.6. The fourth-order valence-corrected chi connectivity index (χ4v) is 6.54. The lowest BCUT2D eigenvalue weighted by atomic mass is 9.63. The van der Waals surface area contributed by atoms with Crippen molar-refractivity contribution < 1.29 is 13.2 Å². The minimum Gasteiger partial charge on any atom is -0.322 e. The number of rotatable bonds is 3. The van der Waals surface area contributed by atoms with Crippen molar-refractivity contribution >= 4 is 38.9 Å². The zero-order valence-corrected chi connectivity index (χ0v) is 20.0. The van der Waals surface area contributed by atoms with E-state index in [1.807, 2.05) is 12.1 Å². The highest BCUT2D eigenvalue weighted by molar-refractivity contribution is 7.93. The maximum absolute atomic E-state index is 13.0. The van der Waals surface area contributed by atoms with Gasteiger partial charge in [-0.05, 0) is 71.6 Å². The van der Waals surface area contributed by atoms with Gasteiger partial charge in [0.05, 0.1) is 16.5 Å². The van der Waals surface area contributed by atoms with Crippen LogP contribution in [0.5, 0.6) is 0 Å². The van der Waals surface area contributed by atoms with Gasteiger partial charge >= 0.3 is 0 Å². The van der Waals surface area contributed by atoms with E-state index in [-0.39, 0.29) is 22.5 Å². The minimum absolute atomic E-state index is 0.0212. The smallest absolute Gasteiger partial charge is 0.255 e. The quantitative estimate of drug-likeness (QED) is 0.659. The predicted molar refractivity (Wildman–Crippen MR) is 127 cm³/mol. The van der Waals surface area contributed by atoms with E-state index in [4.69, 9.17) is 11.6 Å². The van der Waals surface area contributed by atoms with Crippen LogP contribution in [0.25, 0.3) is 0 Å². The second-order valence-corrected chi connectivity index (χ2v) is 12.3. The van der Waals surface area contributed by atoms with Crippen molar-refractivity contribution in [3.05, 3.63) is 58.1 Å². The Hall–Kier alpha value is -2.05. The molecular formula is C24H29ClN2O3S. The average molecular weight is 461 g/mol. The lowest BCUT2D eigenvalue weighted by molar-refractivity contribution is 0.102. The number of hydrogen-bond acceptors (Lipinski definition) is 3. The monoisotopic (exact) mass is 460 g/mol. The van der Waals surface area contributed by atoms with Crippen LogP contribution in [-0.2, 0) is 20.9 Å². The molecule has 1 saturated heterocycles. The number of nitrogens with one attached hydrogen (secondary N) is 1. The number of hydrogen-bond donors (Lipinski definition) is 1. The molecule has 1 amide bonds. The van der Waals surface area contributed by atoms with Crippen LogP contribution in [0.2, 0.25) is 5.02 Å². The number of nitrogens with zero attached hydrogens (tertiary/aromatic N) is 1. The Morgan fingerprint density at radius 1 is 1.00 bits per heavy atom. The summed E-state index contributed by atoms with van der Waals surface area (Å²) in [7, 11) is -3.31. The summed E-state index contributed by atoms with van der Waals surface area (Å²) in [6, 6.07) is 10.9. The first-order valence-electron chi connectivity index (χ1n) is 10.7. The van der Waals surface area contributed by atoms with E-state index in [0.29, 0.717) is 34.9 Å². The van der Waals surface area contributed by atoms with Crippen LogP contribution in [0.1, 0.15) is 68.4 Å². The maximum atomic E-state index is 13.0. The number of amides is 1. The normalized spacial score (nSPS) is 20.9. The molecule has 0 spiro atoms. The van der Waals surface area contributed by atoms with Crippen molar-refractivity contribution in [3.63, 3.8) is 0 Å². The standard InChI is InChI=1S/C24H29ClN2O3S/c1-23(2)10-11-24(3,4)19-14-16(6-8-18(19)23)22(28)26-17-7-9-21(20(25)15-17)27-12-5-13-31(27,29)30/h6-9,14-15H,5,10-13H2,1-4H3,(H,26,28). The molecule has 7 heteroatoms. The lowest BCUT2D eigenvalue weighted by Gasteiger charge is -2.42. The number of sulfonamides is 1. The van der Waals surface area contributed by atoms with Crippen molar-refractivity contribution in [3.8, 4) is 0 Å². The molecule has 2 aromatic rings. The van der Waals surface area contributed by atoms with E-state index >= 15 is 0 Å². The van der Waals surface area contributed by atoms with Gasteiger partial charge in [-0.1, -0.05) is 45.4 Å². The predicted octanol–water partition coefficient (Wildman–Crippen LogP) is 5.48. The summed E-state index contributed by atoms with van der Waals surface area (Å²) in [4.78, 5) is 13.0. The van der Waals surface area contributed by atoms with Crippen LogP contribution in [0.4, 0.5) is 11.4 Å². The molecule has 1 N–H and O–H groups in total. The molecule has 0 atom stereocenters. The molecule has 31 heavy (non-hydrogen) atoms. The Morgan fingerprint density at radius 3 is 2.29 bits per heavy atom. The number of benzene rings is 2. The average Bonchev–Trinajstić information content (AvgIpc) is 3.04. The Labute approximate surface area is 189 Å². The number of carbonyl (C=O) groups is 1. The van der Waals surface area contributed by atoms with Crippen molar-refractivity contribution in [2.75, 3.05) is 21.9 Å². The van der Waals surface area contributed by atoms with Gasteiger partial charge in [-0.25, -0.2) is 8.42 Å². The SMILES string of the molecule is CC1(C)CCC(C)(C)c2cc(C(=O)Nc3ccc(N4CCCS4(=O)=O)c(Cl)c3)ccc21. The van der Waals surface area contributed by atoms with Gasteiger partial charge in [0.15, 0.2) is 0 Å². The molecule has 0 unspecified atom stereocenters. The Morgan fingerprint density at radius 2 is 1.68 bits per heavy atom. The molecule has 0 saturated carbocycles. The summed E-state index contributed by atoms with van der Waals surface area (Å²) in [6.07, 6.45) is 2.79. The van der Waals surface area contributed by atoms with Gasteiger partial charge in [-0.3, -0.25) is 9.10 Å². The highest BCUT2D eigenvalue weighted by Gasteiger charge is 2.37. The molecular weight excluding hydrogens is 432 g/mol. The highest BCUT2D eigenvalue weighted by atomic mass is 35.5. The Kier molecular flexibility index (Phi) is 5.38. The van der Waals surface area contributed by atoms with Gasteiger partial charge in [-0.15, -0.1) is 0 Å². The number of halogens is 1. The molecule has 0 radical (unpaired) electrons. The molecule has 0 bridgehead atoms. The fourth-order valence-electron chi connectivity index (χ4n) is 4.63. The van der Waals surface area contributed by atoms with Crippen LogP contribution in [-0.4, -0.2) is 26.6 Å². The topological polar surface area (TPSA) is 66.5 Å². The maximum Gasteiger partial charge on any atom is 0.255 e. The molecule has 2 aliphatic rings. The van der Waals surface area contributed by atoms with Crippen molar-refractivity contribution in [1.82, 2.24) is 0 Å². The molecule has 166 valence electrons. The van der Waals surface area contributed by atoms with Crippen LogP contribution in [0.15, 0.2) is 36.4 Å². The molecule has 1 aliphatic carbocycles.